The third-order valence-corrected chi connectivity index (χ3v) is 3.61. The lowest BCUT2D eigenvalue weighted by atomic mass is 9.99. The highest BCUT2D eigenvalue weighted by Gasteiger charge is 2.17. The normalized spacial score (nSPS) is 14.1. The molecule has 3 nitrogen and oxygen atoms in total. The summed E-state index contributed by atoms with van der Waals surface area (Å²) in [6.07, 6.45) is 0. The van der Waals surface area contributed by atoms with Crippen LogP contribution in [0.5, 0.6) is 0 Å². The van der Waals surface area contributed by atoms with Crippen molar-refractivity contribution < 1.29 is 4.79 Å². The van der Waals surface area contributed by atoms with Crippen LogP contribution >= 0.6 is 0 Å². The molecule has 2 aromatic rings. The van der Waals surface area contributed by atoms with Gasteiger partial charge in [-0.15, -0.1) is 0 Å². The van der Waals surface area contributed by atoms with Crippen LogP contribution < -0.4 is 10.6 Å². The number of hydrogen-bond acceptors (Lipinski definition) is 2. The summed E-state index contributed by atoms with van der Waals surface area (Å²) in [5.41, 5.74) is 1.22. The Bertz CT molecular complexity index is 616. The van der Waals surface area contributed by atoms with Gasteiger partial charge in [0.15, 0.2) is 0 Å². The zero-order valence-electron chi connectivity index (χ0n) is 13.2. The number of nitrogens with one attached hydrogen (secondary N) is 2. The molecule has 2 rings (SSSR count). The van der Waals surface area contributed by atoms with Crippen molar-refractivity contribution in [1.82, 2.24) is 10.6 Å². The summed E-state index contributed by atoms with van der Waals surface area (Å²) in [7, 11) is 0. The molecular weight excluding hydrogens is 260 g/mol. The highest BCUT2D eigenvalue weighted by atomic mass is 16.2. The van der Waals surface area contributed by atoms with Crippen LogP contribution in [0.3, 0.4) is 0 Å². The molecule has 2 aromatic carbocycles. The van der Waals surface area contributed by atoms with Crippen LogP contribution in [0.15, 0.2) is 42.5 Å². The zero-order valence-corrected chi connectivity index (χ0v) is 13.2. The highest BCUT2D eigenvalue weighted by Crippen LogP contribution is 2.24. The molecule has 0 fully saturated rings. The van der Waals surface area contributed by atoms with Crippen LogP contribution in [0.4, 0.5) is 0 Å². The second kappa shape index (κ2) is 6.72. The van der Waals surface area contributed by atoms with E-state index in [1.165, 1.54) is 16.3 Å². The molecular formula is C18H24N2O. The molecule has 0 unspecified atom stereocenters. The first-order valence-electron chi connectivity index (χ1n) is 7.53. The van der Waals surface area contributed by atoms with E-state index < -0.39 is 0 Å². The molecule has 0 bridgehead atoms. The maximum Gasteiger partial charge on any atom is 0.237 e. The summed E-state index contributed by atoms with van der Waals surface area (Å²) >= 11 is 0. The molecule has 0 aliphatic rings. The SMILES string of the molecule is CC(C)NC(=O)[C@H](C)N[C@@H](C)c1cccc2ccccc12. The molecule has 2 N–H and O–H groups in total. The fraction of sp³-hybridized carbons (Fsp3) is 0.389. The van der Waals surface area contributed by atoms with Gasteiger partial charge in [0.1, 0.15) is 0 Å². The average Bonchev–Trinajstić information content (AvgIpc) is 2.45. The van der Waals surface area contributed by atoms with Gasteiger partial charge in [0.25, 0.3) is 0 Å². The van der Waals surface area contributed by atoms with Crippen LogP contribution in [-0.4, -0.2) is 18.0 Å². The van der Waals surface area contributed by atoms with Crippen molar-refractivity contribution >= 4 is 16.7 Å². The number of rotatable bonds is 5. The maximum absolute atomic E-state index is 12.0. The minimum absolute atomic E-state index is 0.0390. The predicted octanol–water partition coefficient (Wildman–Crippen LogP) is 3.40. The van der Waals surface area contributed by atoms with E-state index in [2.05, 4.69) is 47.9 Å². The first-order chi connectivity index (χ1) is 9.99. The van der Waals surface area contributed by atoms with E-state index in [0.29, 0.717) is 0 Å². The van der Waals surface area contributed by atoms with E-state index in [4.69, 9.17) is 0 Å². The Morgan fingerprint density at radius 1 is 0.952 bits per heavy atom. The van der Waals surface area contributed by atoms with Crippen molar-refractivity contribution in [3.8, 4) is 0 Å². The van der Waals surface area contributed by atoms with Gasteiger partial charge in [-0.2, -0.15) is 0 Å². The molecule has 0 aliphatic heterocycles. The van der Waals surface area contributed by atoms with Gasteiger partial charge in [0.2, 0.25) is 5.91 Å². The van der Waals surface area contributed by atoms with Crippen LogP contribution in [0, 0.1) is 0 Å². The van der Waals surface area contributed by atoms with Gasteiger partial charge < -0.3 is 5.32 Å². The number of carbonyl (C=O) groups excluding carboxylic acids is 1. The predicted molar refractivity (Wildman–Crippen MR) is 88.2 cm³/mol. The zero-order chi connectivity index (χ0) is 15.4. The van der Waals surface area contributed by atoms with E-state index in [0.717, 1.165) is 0 Å². The van der Waals surface area contributed by atoms with Crippen LogP contribution in [0.1, 0.15) is 39.3 Å². The van der Waals surface area contributed by atoms with Gasteiger partial charge in [0, 0.05) is 12.1 Å². The first-order valence-corrected chi connectivity index (χ1v) is 7.53. The highest BCUT2D eigenvalue weighted by molar-refractivity contribution is 5.86. The van der Waals surface area contributed by atoms with Crippen LogP contribution in [0.25, 0.3) is 10.8 Å². The Morgan fingerprint density at radius 2 is 1.62 bits per heavy atom. The van der Waals surface area contributed by atoms with Gasteiger partial charge in [-0.1, -0.05) is 42.5 Å². The maximum atomic E-state index is 12.0. The Kier molecular flexibility index (Phi) is 4.97. The minimum atomic E-state index is -0.221. The van der Waals surface area contributed by atoms with E-state index in [1.807, 2.05) is 32.9 Å². The van der Waals surface area contributed by atoms with Gasteiger partial charge in [-0.05, 0) is 44.0 Å². The van der Waals surface area contributed by atoms with Crippen LogP contribution in [0.2, 0.25) is 0 Å². The topological polar surface area (TPSA) is 41.1 Å². The summed E-state index contributed by atoms with van der Waals surface area (Å²) in [5.74, 6) is 0.0390. The summed E-state index contributed by atoms with van der Waals surface area (Å²) in [4.78, 5) is 12.0. The lowest BCUT2D eigenvalue weighted by Gasteiger charge is -2.22. The lowest BCUT2D eigenvalue weighted by Crippen LogP contribution is -2.45. The largest absolute Gasteiger partial charge is 0.353 e. The third-order valence-electron chi connectivity index (χ3n) is 3.61. The van der Waals surface area contributed by atoms with Gasteiger partial charge in [-0.3, -0.25) is 10.1 Å². The molecule has 0 spiro atoms. The summed E-state index contributed by atoms with van der Waals surface area (Å²) in [6, 6.07) is 14.7. The van der Waals surface area contributed by atoms with Gasteiger partial charge in [0.05, 0.1) is 6.04 Å². The van der Waals surface area contributed by atoms with E-state index in [1.54, 1.807) is 0 Å². The average molecular weight is 284 g/mol. The Labute approximate surface area is 126 Å². The van der Waals surface area contributed by atoms with Crippen molar-refractivity contribution in [3.63, 3.8) is 0 Å². The van der Waals surface area contributed by atoms with Crippen LogP contribution in [-0.2, 0) is 4.79 Å². The molecule has 0 heterocycles. The van der Waals surface area contributed by atoms with Gasteiger partial charge >= 0.3 is 0 Å². The molecule has 0 saturated carbocycles. The van der Waals surface area contributed by atoms with Crippen molar-refractivity contribution in [2.75, 3.05) is 0 Å². The smallest absolute Gasteiger partial charge is 0.237 e. The van der Waals surface area contributed by atoms with Crippen molar-refractivity contribution in [3.05, 3.63) is 48.0 Å². The molecule has 2 atom stereocenters. The van der Waals surface area contributed by atoms with E-state index in [9.17, 15) is 4.79 Å². The Morgan fingerprint density at radius 3 is 2.33 bits per heavy atom. The van der Waals surface area contributed by atoms with E-state index in [-0.39, 0.29) is 24.0 Å². The number of fused-ring (bicyclic) bond motifs is 1. The Balaban J connectivity index is 2.15. The molecule has 0 saturated heterocycles. The number of benzene rings is 2. The number of hydrogen-bond donors (Lipinski definition) is 2. The van der Waals surface area contributed by atoms with Gasteiger partial charge in [-0.25, -0.2) is 0 Å². The van der Waals surface area contributed by atoms with Crippen molar-refractivity contribution in [2.24, 2.45) is 0 Å². The Hall–Kier alpha value is -1.87. The number of carbonyl (C=O) groups is 1. The summed E-state index contributed by atoms with van der Waals surface area (Å²) in [5, 5.41) is 8.77. The number of amides is 1. The second-order valence-corrected chi connectivity index (χ2v) is 5.84. The fourth-order valence-corrected chi connectivity index (χ4v) is 2.58. The molecule has 0 aliphatic carbocycles. The van der Waals surface area contributed by atoms with Crippen molar-refractivity contribution in [2.45, 2.75) is 45.8 Å². The first kappa shape index (κ1) is 15.5. The molecule has 1 amide bonds. The monoisotopic (exact) mass is 284 g/mol. The molecule has 0 aromatic heterocycles. The minimum Gasteiger partial charge on any atom is -0.353 e. The quantitative estimate of drug-likeness (QED) is 0.883. The van der Waals surface area contributed by atoms with Crippen molar-refractivity contribution in [1.29, 1.82) is 0 Å². The van der Waals surface area contributed by atoms with E-state index >= 15 is 0 Å². The molecule has 21 heavy (non-hydrogen) atoms. The summed E-state index contributed by atoms with van der Waals surface area (Å²) < 4.78 is 0. The summed E-state index contributed by atoms with van der Waals surface area (Å²) in [6.45, 7) is 7.94. The third kappa shape index (κ3) is 3.82. The second-order valence-electron chi connectivity index (χ2n) is 5.84. The fourth-order valence-electron chi connectivity index (χ4n) is 2.58. The lowest BCUT2D eigenvalue weighted by molar-refractivity contribution is -0.123. The standard InChI is InChI=1S/C18H24N2O/c1-12(2)19-18(21)14(4)20-13(3)16-11-7-9-15-8-5-6-10-17(15)16/h5-14,20H,1-4H3,(H,19,21)/t13-,14-/m0/s1. The molecule has 3 heteroatoms. The molecule has 0 radical (unpaired) electrons. The molecule has 112 valence electrons.